The third-order valence-corrected chi connectivity index (χ3v) is 4.22. The van der Waals surface area contributed by atoms with Crippen LogP contribution in [0.1, 0.15) is 31.3 Å². The molecule has 0 spiro atoms. The molecule has 0 atom stereocenters. The Morgan fingerprint density at radius 2 is 2.04 bits per heavy atom. The van der Waals surface area contributed by atoms with Crippen molar-refractivity contribution < 1.29 is 22.4 Å². The minimum absolute atomic E-state index is 0.135. The van der Waals surface area contributed by atoms with E-state index < -0.39 is 17.6 Å². The van der Waals surface area contributed by atoms with Gasteiger partial charge in [-0.2, -0.15) is 13.2 Å². The Morgan fingerprint density at radius 3 is 2.52 bits per heavy atom. The molecule has 1 amide bonds. The Balaban J connectivity index is 2.06. The minimum atomic E-state index is -4.47. The number of carbonyl (C=O) groups excluding carboxylic acids is 1. The van der Waals surface area contributed by atoms with Crippen LogP contribution >= 0.6 is 0 Å². The van der Waals surface area contributed by atoms with Crippen molar-refractivity contribution in [3.05, 3.63) is 29.7 Å². The van der Waals surface area contributed by atoms with Crippen LogP contribution in [0.25, 0.3) is 6.08 Å². The molecule has 1 aromatic heterocycles. The van der Waals surface area contributed by atoms with Crippen molar-refractivity contribution in [2.24, 2.45) is 0 Å². The van der Waals surface area contributed by atoms with E-state index in [1.54, 1.807) is 19.1 Å². The maximum atomic E-state index is 13.5. The van der Waals surface area contributed by atoms with E-state index in [9.17, 15) is 18.0 Å². The van der Waals surface area contributed by atoms with Gasteiger partial charge >= 0.3 is 6.18 Å². The summed E-state index contributed by atoms with van der Waals surface area (Å²) < 4.78 is 45.7. The van der Waals surface area contributed by atoms with E-state index in [0.29, 0.717) is 31.2 Å². The zero-order valence-electron chi connectivity index (χ0n) is 13.2. The predicted molar refractivity (Wildman–Crippen MR) is 80.8 cm³/mol. The molecule has 1 aliphatic rings. The van der Waals surface area contributed by atoms with E-state index >= 15 is 0 Å². The number of furan rings is 1. The zero-order chi connectivity index (χ0) is 17.1. The first-order valence-corrected chi connectivity index (χ1v) is 7.61. The van der Waals surface area contributed by atoms with Crippen molar-refractivity contribution >= 4 is 12.0 Å². The van der Waals surface area contributed by atoms with E-state index in [4.69, 9.17) is 4.42 Å². The molecule has 1 fully saturated rings. The minimum Gasteiger partial charge on any atom is -0.462 e. The van der Waals surface area contributed by atoms with Crippen molar-refractivity contribution in [3.8, 4) is 0 Å². The summed E-state index contributed by atoms with van der Waals surface area (Å²) in [7, 11) is 0. The van der Waals surface area contributed by atoms with Crippen LogP contribution in [0.3, 0.4) is 0 Å². The van der Waals surface area contributed by atoms with Crippen molar-refractivity contribution in [1.29, 1.82) is 0 Å². The number of likely N-dealkylation sites (tertiary alicyclic amines) is 1. The van der Waals surface area contributed by atoms with Crippen LogP contribution in [0.2, 0.25) is 0 Å². The van der Waals surface area contributed by atoms with Gasteiger partial charge in [-0.1, -0.05) is 6.92 Å². The number of piperidine rings is 1. The predicted octanol–water partition coefficient (Wildman–Crippen LogP) is 3.13. The van der Waals surface area contributed by atoms with E-state index in [1.807, 2.05) is 11.8 Å². The summed E-state index contributed by atoms with van der Waals surface area (Å²) in [6.07, 6.45) is -2.29. The monoisotopic (exact) mass is 330 g/mol. The average molecular weight is 330 g/mol. The van der Waals surface area contributed by atoms with Gasteiger partial charge in [0.15, 0.2) is 0 Å². The van der Waals surface area contributed by atoms with Gasteiger partial charge in [-0.05, 0) is 44.5 Å². The molecule has 0 bridgehead atoms. The third kappa shape index (κ3) is 4.16. The number of aryl methyl sites for hydroxylation is 1. The number of amides is 1. The lowest BCUT2D eigenvalue weighted by Gasteiger charge is -2.42. The molecule has 1 aliphatic heterocycles. The second-order valence-electron chi connectivity index (χ2n) is 5.79. The van der Waals surface area contributed by atoms with E-state index in [1.165, 1.54) is 6.08 Å². The van der Waals surface area contributed by atoms with Gasteiger partial charge in [0, 0.05) is 19.2 Å². The molecule has 0 saturated carbocycles. The molecule has 1 saturated heterocycles. The second-order valence-corrected chi connectivity index (χ2v) is 5.79. The van der Waals surface area contributed by atoms with Crippen LogP contribution in [0.15, 0.2) is 22.6 Å². The molecule has 128 valence electrons. The number of nitrogens with zero attached hydrogens (tertiary/aromatic N) is 1. The molecule has 2 heterocycles. The van der Waals surface area contributed by atoms with E-state index in [-0.39, 0.29) is 12.8 Å². The number of carbonyl (C=O) groups is 1. The van der Waals surface area contributed by atoms with Gasteiger partial charge in [-0.15, -0.1) is 0 Å². The smallest absolute Gasteiger partial charge is 0.411 e. The third-order valence-electron chi connectivity index (χ3n) is 4.22. The summed E-state index contributed by atoms with van der Waals surface area (Å²) >= 11 is 0. The lowest BCUT2D eigenvalue weighted by Crippen LogP contribution is -2.63. The molecule has 0 aromatic carbocycles. The largest absolute Gasteiger partial charge is 0.462 e. The Hall–Kier alpha value is -1.76. The molecule has 7 heteroatoms. The molecule has 0 unspecified atom stereocenters. The fourth-order valence-corrected chi connectivity index (χ4v) is 2.71. The van der Waals surface area contributed by atoms with Gasteiger partial charge in [0.1, 0.15) is 17.1 Å². The number of alkyl halides is 3. The van der Waals surface area contributed by atoms with E-state index in [0.717, 1.165) is 6.08 Å². The molecular weight excluding hydrogens is 309 g/mol. The maximum Gasteiger partial charge on any atom is 0.411 e. The van der Waals surface area contributed by atoms with Crippen LogP contribution in [0.4, 0.5) is 13.2 Å². The Morgan fingerprint density at radius 1 is 1.39 bits per heavy atom. The maximum absolute atomic E-state index is 13.5. The lowest BCUT2D eigenvalue weighted by molar-refractivity contribution is -0.208. The number of hydrogen-bond acceptors (Lipinski definition) is 3. The standard InChI is InChI=1S/C16H21F3N2O2/c1-3-21-10-8-15(9-11-21,16(17,18)19)20-14(22)7-6-13-5-4-12(2)23-13/h4-7H,3,8-11H2,1-2H3,(H,20,22). The van der Waals surface area contributed by atoms with Gasteiger partial charge < -0.3 is 14.6 Å². The number of rotatable bonds is 4. The van der Waals surface area contributed by atoms with Crippen LogP contribution < -0.4 is 5.32 Å². The fraction of sp³-hybridized carbons (Fsp3) is 0.562. The van der Waals surface area contributed by atoms with Crippen LogP contribution in [-0.4, -0.2) is 42.2 Å². The lowest BCUT2D eigenvalue weighted by atomic mass is 9.86. The SMILES string of the molecule is CCN1CCC(NC(=O)C=Cc2ccc(C)o2)(C(F)(F)F)CC1. The first-order valence-electron chi connectivity index (χ1n) is 7.61. The quantitative estimate of drug-likeness (QED) is 0.863. The number of halogens is 3. The molecule has 1 aromatic rings. The van der Waals surface area contributed by atoms with Gasteiger partial charge in [-0.25, -0.2) is 0 Å². The van der Waals surface area contributed by atoms with Gasteiger partial charge in [0.2, 0.25) is 5.91 Å². The van der Waals surface area contributed by atoms with Crippen molar-refractivity contribution in [2.75, 3.05) is 19.6 Å². The van der Waals surface area contributed by atoms with Crippen molar-refractivity contribution in [2.45, 2.75) is 38.4 Å². The van der Waals surface area contributed by atoms with E-state index in [2.05, 4.69) is 5.32 Å². The normalized spacial score (nSPS) is 19.2. The van der Waals surface area contributed by atoms with Gasteiger partial charge in [0.05, 0.1) is 0 Å². The highest BCUT2D eigenvalue weighted by molar-refractivity contribution is 5.92. The molecule has 23 heavy (non-hydrogen) atoms. The Kier molecular flexibility index (Phi) is 5.19. The summed E-state index contributed by atoms with van der Waals surface area (Å²) in [5.41, 5.74) is -2.15. The van der Waals surface area contributed by atoms with Gasteiger partial charge in [-0.3, -0.25) is 4.79 Å². The first-order chi connectivity index (χ1) is 10.8. The zero-order valence-corrected chi connectivity index (χ0v) is 13.2. The molecule has 4 nitrogen and oxygen atoms in total. The number of nitrogens with one attached hydrogen (secondary N) is 1. The van der Waals surface area contributed by atoms with Gasteiger partial charge in [0.25, 0.3) is 0 Å². The van der Waals surface area contributed by atoms with Crippen LogP contribution in [0.5, 0.6) is 0 Å². The van der Waals surface area contributed by atoms with Crippen molar-refractivity contribution in [1.82, 2.24) is 10.2 Å². The topological polar surface area (TPSA) is 45.5 Å². The molecule has 0 aliphatic carbocycles. The molecule has 0 radical (unpaired) electrons. The number of hydrogen-bond donors (Lipinski definition) is 1. The summed E-state index contributed by atoms with van der Waals surface area (Å²) in [5.74, 6) is 0.338. The summed E-state index contributed by atoms with van der Waals surface area (Å²) in [5, 5.41) is 2.17. The highest BCUT2D eigenvalue weighted by Crippen LogP contribution is 2.38. The molecular formula is C16H21F3N2O2. The molecule has 2 rings (SSSR count). The first kappa shape index (κ1) is 17.6. The summed E-state index contributed by atoms with van der Waals surface area (Å²) in [4.78, 5) is 13.9. The van der Waals surface area contributed by atoms with Crippen LogP contribution in [-0.2, 0) is 4.79 Å². The summed E-state index contributed by atoms with van der Waals surface area (Å²) in [6.45, 7) is 5.00. The Bertz CT molecular complexity index is 570. The molecule has 1 N–H and O–H groups in total. The highest BCUT2D eigenvalue weighted by Gasteiger charge is 2.56. The second kappa shape index (κ2) is 6.78. The van der Waals surface area contributed by atoms with Crippen LogP contribution in [0, 0.1) is 6.92 Å². The Labute approximate surface area is 133 Å². The fourth-order valence-electron chi connectivity index (χ4n) is 2.71. The summed E-state index contributed by atoms with van der Waals surface area (Å²) in [6, 6.07) is 3.37. The average Bonchev–Trinajstić information content (AvgIpc) is 2.90. The van der Waals surface area contributed by atoms with Crippen molar-refractivity contribution in [3.63, 3.8) is 0 Å². The highest BCUT2D eigenvalue weighted by atomic mass is 19.4.